The van der Waals surface area contributed by atoms with E-state index in [4.69, 9.17) is 16.3 Å². The van der Waals surface area contributed by atoms with E-state index in [9.17, 15) is 9.50 Å². The minimum Gasteiger partial charge on any atom is -0.505 e. The molecule has 140 valence electrons. The van der Waals surface area contributed by atoms with Crippen molar-refractivity contribution >= 4 is 28.3 Å². The zero-order chi connectivity index (χ0) is 18.6. The third kappa shape index (κ3) is 2.64. The van der Waals surface area contributed by atoms with Gasteiger partial charge < -0.3 is 14.7 Å². The fraction of sp³-hybridized carbons (Fsp3) is 0.368. The molecule has 0 atom stereocenters. The Bertz CT molecular complexity index is 1010. The monoisotopic (exact) mass is 388 g/mol. The van der Waals surface area contributed by atoms with E-state index in [2.05, 4.69) is 15.2 Å². The molecule has 3 aromatic rings. The first kappa shape index (κ1) is 16.8. The lowest BCUT2D eigenvalue weighted by atomic mass is 9.73. The number of aromatic nitrogens is 3. The van der Waals surface area contributed by atoms with Gasteiger partial charge in [-0.2, -0.15) is 0 Å². The van der Waals surface area contributed by atoms with Gasteiger partial charge in [-0.15, -0.1) is 5.10 Å². The van der Waals surface area contributed by atoms with Crippen molar-refractivity contribution in [2.75, 3.05) is 31.2 Å². The number of aromatic hydroxyl groups is 1. The van der Waals surface area contributed by atoms with E-state index in [0.717, 1.165) is 50.5 Å². The summed E-state index contributed by atoms with van der Waals surface area (Å²) >= 11 is 5.93. The van der Waals surface area contributed by atoms with Gasteiger partial charge in [-0.1, -0.05) is 16.8 Å². The number of phenols is 1. The first-order chi connectivity index (χ1) is 13.1. The molecule has 2 aromatic carbocycles. The highest BCUT2D eigenvalue weighted by Crippen LogP contribution is 2.42. The summed E-state index contributed by atoms with van der Waals surface area (Å²) in [4.78, 5) is 2.37. The van der Waals surface area contributed by atoms with Crippen molar-refractivity contribution in [2.24, 2.45) is 5.41 Å². The average Bonchev–Trinajstić information content (AvgIpc) is 3.09. The Hall–Kier alpha value is -2.38. The number of ether oxygens (including phenoxy) is 1. The number of fused-ring (bicyclic) bond motifs is 1. The van der Waals surface area contributed by atoms with Crippen LogP contribution in [0.3, 0.4) is 0 Å². The molecule has 6 nitrogen and oxygen atoms in total. The van der Waals surface area contributed by atoms with Crippen LogP contribution in [0.4, 0.5) is 10.1 Å². The molecule has 1 spiro atoms. The topological polar surface area (TPSA) is 63.4 Å². The number of phenolic OH excluding ortho intramolecular Hbond substituents is 1. The van der Waals surface area contributed by atoms with Crippen LogP contribution in [0.1, 0.15) is 12.8 Å². The first-order valence-electron chi connectivity index (χ1n) is 8.92. The second-order valence-electron chi connectivity index (χ2n) is 7.38. The zero-order valence-electron chi connectivity index (χ0n) is 14.5. The molecule has 2 saturated heterocycles. The van der Waals surface area contributed by atoms with Crippen LogP contribution in [0.2, 0.25) is 5.02 Å². The van der Waals surface area contributed by atoms with Crippen LogP contribution in [-0.4, -0.2) is 46.4 Å². The molecule has 0 bridgehead atoms. The summed E-state index contributed by atoms with van der Waals surface area (Å²) in [6.45, 7) is 3.85. The van der Waals surface area contributed by atoms with Gasteiger partial charge in [0.05, 0.1) is 5.69 Å². The number of halogens is 2. The summed E-state index contributed by atoms with van der Waals surface area (Å²) in [5.74, 6) is -1.40. The Labute approximate surface area is 160 Å². The Morgan fingerprint density at radius 1 is 1.11 bits per heavy atom. The van der Waals surface area contributed by atoms with E-state index in [1.54, 1.807) is 4.68 Å². The number of hydrogen-bond donors (Lipinski definition) is 1. The van der Waals surface area contributed by atoms with Crippen LogP contribution in [0.5, 0.6) is 5.75 Å². The maximum atomic E-state index is 13.7. The van der Waals surface area contributed by atoms with Gasteiger partial charge in [0.15, 0.2) is 11.6 Å². The van der Waals surface area contributed by atoms with E-state index in [1.165, 1.54) is 6.07 Å². The number of nitrogens with zero attached hydrogens (tertiary/aromatic N) is 4. The van der Waals surface area contributed by atoms with Crippen LogP contribution in [0, 0.1) is 11.2 Å². The van der Waals surface area contributed by atoms with Gasteiger partial charge in [0.1, 0.15) is 16.1 Å². The molecule has 0 unspecified atom stereocenters. The molecule has 0 saturated carbocycles. The molecule has 2 fully saturated rings. The van der Waals surface area contributed by atoms with Crippen molar-refractivity contribution in [3.05, 3.63) is 41.2 Å². The largest absolute Gasteiger partial charge is 0.505 e. The van der Waals surface area contributed by atoms with Crippen molar-refractivity contribution in [3.63, 3.8) is 0 Å². The van der Waals surface area contributed by atoms with Crippen LogP contribution >= 0.6 is 11.6 Å². The van der Waals surface area contributed by atoms with Crippen molar-refractivity contribution in [1.82, 2.24) is 15.0 Å². The molecular formula is C19H18ClFN4O2. The van der Waals surface area contributed by atoms with E-state index in [1.807, 2.05) is 24.3 Å². The first-order valence-corrected chi connectivity index (χ1v) is 9.30. The van der Waals surface area contributed by atoms with Gasteiger partial charge in [-0.25, -0.2) is 9.07 Å². The second-order valence-corrected chi connectivity index (χ2v) is 7.76. The van der Waals surface area contributed by atoms with Crippen LogP contribution in [0.15, 0.2) is 30.3 Å². The Kier molecular flexibility index (Phi) is 3.77. The molecule has 5 rings (SSSR count). The third-order valence-electron chi connectivity index (χ3n) is 5.67. The van der Waals surface area contributed by atoms with Gasteiger partial charge in [0.25, 0.3) is 0 Å². The normalized spacial score (nSPS) is 18.8. The van der Waals surface area contributed by atoms with E-state index in [0.29, 0.717) is 10.9 Å². The minimum atomic E-state index is -0.883. The highest BCUT2D eigenvalue weighted by Gasteiger charge is 2.43. The average molecular weight is 389 g/mol. The summed E-state index contributed by atoms with van der Waals surface area (Å²) in [6, 6.07) is 9.24. The van der Waals surface area contributed by atoms with Gasteiger partial charge in [0, 0.05) is 43.5 Å². The lowest BCUT2D eigenvalue weighted by molar-refractivity contribution is -0.000190. The SMILES string of the molecule is Oc1cc2c(nnn2-c2ccc(N3CC4(CCOCC4)C3)cc2)c(Cl)c1F. The van der Waals surface area contributed by atoms with Crippen molar-refractivity contribution in [3.8, 4) is 11.4 Å². The lowest BCUT2D eigenvalue weighted by Gasteiger charge is -2.53. The van der Waals surface area contributed by atoms with Crippen LogP contribution in [-0.2, 0) is 4.74 Å². The summed E-state index contributed by atoms with van der Waals surface area (Å²) in [5, 5.41) is 17.5. The zero-order valence-corrected chi connectivity index (χ0v) is 15.3. The predicted octanol–water partition coefficient (Wildman–Crippen LogP) is 3.54. The number of hydrogen-bond acceptors (Lipinski definition) is 5. The molecule has 2 aliphatic heterocycles. The summed E-state index contributed by atoms with van der Waals surface area (Å²) in [7, 11) is 0. The lowest BCUT2D eigenvalue weighted by Crippen LogP contribution is -2.58. The molecule has 1 aromatic heterocycles. The van der Waals surface area contributed by atoms with Gasteiger partial charge in [-0.3, -0.25) is 0 Å². The van der Waals surface area contributed by atoms with Crippen molar-refractivity contribution in [1.29, 1.82) is 0 Å². The third-order valence-corrected chi connectivity index (χ3v) is 6.01. The van der Waals surface area contributed by atoms with Crippen molar-refractivity contribution in [2.45, 2.75) is 12.8 Å². The minimum absolute atomic E-state index is 0.222. The summed E-state index contributed by atoms with van der Waals surface area (Å²) in [6.07, 6.45) is 2.26. The van der Waals surface area contributed by atoms with Gasteiger partial charge in [0.2, 0.25) is 0 Å². The predicted molar refractivity (Wildman–Crippen MR) is 100 cm³/mol. The Morgan fingerprint density at radius 3 is 2.48 bits per heavy atom. The van der Waals surface area contributed by atoms with Gasteiger partial charge in [-0.05, 0) is 37.1 Å². The number of anilines is 1. The van der Waals surface area contributed by atoms with Gasteiger partial charge >= 0.3 is 0 Å². The highest BCUT2D eigenvalue weighted by molar-refractivity contribution is 6.35. The number of rotatable bonds is 2. The second kappa shape index (κ2) is 6.07. The fourth-order valence-corrected chi connectivity index (χ4v) is 4.28. The molecular weight excluding hydrogens is 371 g/mol. The summed E-state index contributed by atoms with van der Waals surface area (Å²) < 4.78 is 20.8. The van der Waals surface area contributed by atoms with E-state index >= 15 is 0 Å². The smallest absolute Gasteiger partial charge is 0.185 e. The number of benzene rings is 2. The molecule has 1 N–H and O–H groups in total. The van der Waals surface area contributed by atoms with Crippen LogP contribution in [0.25, 0.3) is 16.7 Å². The molecule has 0 radical (unpaired) electrons. The molecule has 3 heterocycles. The Balaban J connectivity index is 1.41. The quantitative estimate of drug-likeness (QED) is 0.727. The molecule has 0 aliphatic carbocycles. The Morgan fingerprint density at radius 2 is 1.78 bits per heavy atom. The highest BCUT2D eigenvalue weighted by atomic mass is 35.5. The molecule has 27 heavy (non-hydrogen) atoms. The molecule has 8 heteroatoms. The maximum Gasteiger partial charge on any atom is 0.185 e. The fourth-order valence-electron chi connectivity index (χ4n) is 4.05. The molecule has 2 aliphatic rings. The van der Waals surface area contributed by atoms with E-state index in [-0.39, 0.29) is 10.5 Å². The standard InChI is InChI=1S/C19H18ClFN4O2/c20-16-17(21)15(26)9-14-18(16)22-23-25(14)13-3-1-12(2-4-13)24-10-19(11-24)5-7-27-8-6-19/h1-4,9,26H,5-8,10-11H2. The maximum absolute atomic E-state index is 13.7. The summed E-state index contributed by atoms with van der Waals surface area (Å²) in [5.41, 5.74) is 3.02. The molecule has 0 amide bonds. The van der Waals surface area contributed by atoms with Crippen LogP contribution < -0.4 is 4.90 Å². The van der Waals surface area contributed by atoms with E-state index < -0.39 is 11.6 Å². The van der Waals surface area contributed by atoms with Crippen molar-refractivity contribution < 1.29 is 14.2 Å².